The third-order valence-corrected chi connectivity index (χ3v) is 2.56. The van der Waals surface area contributed by atoms with Crippen molar-refractivity contribution < 1.29 is 4.39 Å². The molecule has 1 nitrogen and oxygen atoms in total. The molecule has 0 saturated carbocycles. The second-order valence-corrected chi connectivity index (χ2v) is 3.32. The summed E-state index contributed by atoms with van der Waals surface area (Å²) in [5.41, 5.74) is -0.122. The molecule has 3 heteroatoms. The minimum Gasteiger partial charge on any atom is -0.289 e. The molecule has 60 valence electrons. The van der Waals surface area contributed by atoms with Crippen molar-refractivity contribution in [3.63, 3.8) is 0 Å². The summed E-state index contributed by atoms with van der Waals surface area (Å²) in [7, 11) is 0. The van der Waals surface area contributed by atoms with Crippen molar-refractivity contribution in [1.29, 1.82) is 0 Å². The van der Waals surface area contributed by atoms with E-state index in [9.17, 15) is 9.18 Å². The first-order valence-electron chi connectivity index (χ1n) is 3.45. The highest BCUT2D eigenvalue weighted by molar-refractivity contribution is 7.16. The molecule has 0 atom stereocenters. The molecule has 0 bridgehead atoms. The molecule has 0 aliphatic heterocycles. The maximum atomic E-state index is 13.0. The third-order valence-electron chi connectivity index (χ3n) is 1.64. The molecule has 0 N–H and O–H groups in total. The quantitative estimate of drug-likeness (QED) is 0.608. The van der Waals surface area contributed by atoms with Gasteiger partial charge >= 0.3 is 0 Å². The van der Waals surface area contributed by atoms with Gasteiger partial charge in [0.25, 0.3) is 0 Å². The highest BCUT2D eigenvalue weighted by Gasteiger charge is 2.01. The fourth-order valence-corrected chi connectivity index (χ4v) is 1.88. The lowest BCUT2D eigenvalue weighted by Crippen LogP contribution is -1.97. The molecule has 0 unspecified atom stereocenters. The number of hydrogen-bond donors (Lipinski definition) is 0. The SMILES string of the molecule is O=c1ccsc2c(F)cccc12. The fourth-order valence-electron chi connectivity index (χ4n) is 1.08. The van der Waals surface area contributed by atoms with E-state index in [2.05, 4.69) is 0 Å². The van der Waals surface area contributed by atoms with Gasteiger partial charge in [0.1, 0.15) is 5.82 Å². The van der Waals surface area contributed by atoms with E-state index in [1.54, 1.807) is 17.5 Å². The Labute approximate surface area is 72.1 Å². The fraction of sp³-hybridized carbons (Fsp3) is 0. The zero-order valence-electron chi connectivity index (χ0n) is 6.08. The van der Waals surface area contributed by atoms with Crippen LogP contribution in [0.25, 0.3) is 10.1 Å². The summed E-state index contributed by atoms with van der Waals surface area (Å²) in [5.74, 6) is -0.324. The Hall–Kier alpha value is -1.22. The second-order valence-electron chi connectivity index (χ2n) is 2.40. The van der Waals surface area contributed by atoms with Gasteiger partial charge in [-0.05, 0) is 23.6 Å². The summed E-state index contributed by atoms with van der Waals surface area (Å²) in [6, 6.07) is 5.99. The first-order valence-corrected chi connectivity index (χ1v) is 4.33. The minimum absolute atomic E-state index is 0.122. The van der Waals surface area contributed by atoms with E-state index in [4.69, 9.17) is 0 Å². The van der Waals surface area contributed by atoms with E-state index in [0.717, 1.165) is 0 Å². The van der Waals surface area contributed by atoms with Gasteiger partial charge in [0.05, 0.1) is 4.70 Å². The van der Waals surface area contributed by atoms with Crippen LogP contribution in [0, 0.1) is 5.82 Å². The largest absolute Gasteiger partial charge is 0.289 e. The van der Waals surface area contributed by atoms with Crippen molar-refractivity contribution in [2.75, 3.05) is 0 Å². The van der Waals surface area contributed by atoms with Gasteiger partial charge in [-0.1, -0.05) is 6.07 Å². The maximum Gasteiger partial charge on any atom is 0.188 e. The van der Waals surface area contributed by atoms with E-state index >= 15 is 0 Å². The maximum absolute atomic E-state index is 13.0. The normalized spacial score (nSPS) is 10.4. The highest BCUT2D eigenvalue weighted by atomic mass is 32.1. The standard InChI is InChI=1S/C9H5FOS/c10-7-3-1-2-6-8(11)4-5-12-9(6)7/h1-5H. The highest BCUT2D eigenvalue weighted by Crippen LogP contribution is 2.17. The van der Waals surface area contributed by atoms with Crippen LogP contribution in [-0.2, 0) is 0 Å². The number of benzene rings is 1. The van der Waals surface area contributed by atoms with E-state index < -0.39 is 0 Å². The van der Waals surface area contributed by atoms with E-state index in [-0.39, 0.29) is 11.2 Å². The number of fused-ring (bicyclic) bond motifs is 1. The monoisotopic (exact) mass is 180 g/mol. The van der Waals surface area contributed by atoms with Crippen LogP contribution < -0.4 is 5.43 Å². The summed E-state index contributed by atoms with van der Waals surface area (Å²) < 4.78 is 13.5. The lowest BCUT2D eigenvalue weighted by atomic mass is 10.2. The molecule has 0 aliphatic rings. The lowest BCUT2D eigenvalue weighted by Gasteiger charge is -1.94. The zero-order chi connectivity index (χ0) is 8.55. The first-order chi connectivity index (χ1) is 5.79. The van der Waals surface area contributed by atoms with Gasteiger partial charge in [-0.3, -0.25) is 4.79 Å². The molecule has 2 aromatic rings. The second kappa shape index (κ2) is 2.68. The van der Waals surface area contributed by atoms with Crippen molar-refractivity contribution in [2.24, 2.45) is 0 Å². The molecule has 1 aromatic heterocycles. The lowest BCUT2D eigenvalue weighted by molar-refractivity contribution is 0.641. The molecule has 0 saturated heterocycles. The van der Waals surface area contributed by atoms with Crippen LogP contribution in [0.1, 0.15) is 0 Å². The van der Waals surface area contributed by atoms with Gasteiger partial charge in [-0.15, -0.1) is 11.3 Å². The van der Waals surface area contributed by atoms with Crippen molar-refractivity contribution in [2.45, 2.75) is 0 Å². The van der Waals surface area contributed by atoms with Crippen molar-refractivity contribution in [1.82, 2.24) is 0 Å². The third kappa shape index (κ3) is 1.02. The predicted octanol–water partition coefficient (Wildman–Crippen LogP) is 2.40. The van der Waals surface area contributed by atoms with Crippen LogP contribution >= 0.6 is 11.3 Å². The van der Waals surface area contributed by atoms with Crippen LogP contribution in [0.4, 0.5) is 4.39 Å². The molecule has 0 radical (unpaired) electrons. The Morgan fingerprint density at radius 1 is 1.25 bits per heavy atom. The smallest absolute Gasteiger partial charge is 0.188 e. The Bertz CT molecular complexity index is 475. The molecule has 0 amide bonds. The van der Waals surface area contributed by atoms with Crippen molar-refractivity contribution >= 4 is 21.4 Å². The number of rotatable bonds is 0. The number of halogens is 1. The Kier molecular flexibility index (Phi) is 1.66. The van der Waals surface area contributed by atoms with Gasteiger partial charge in [-0.2, -0.15) is 0 Å². The van der Waals surface area contributed by atoms with Gasteiger partial charge in [0.15, 0.2) is 5.43 Å². The van der Waals surface area contributed by atoms with Crippen LogP contribution in [0.3, 0.4) is 0 Å². The van der Waals surface area contributed by atoms with Crippen molar-refractivity contribution in [3.05, 3.63) is 45.7 Å². The van der Waals surface area contributed by atoms with Gasteiger partial charge in [0.2, 0.25) is 0 Å². The summed E-state index contributed by atoms with van der Waals surface area (Å²) in [5, 5.41) is 2.07. The molecule has 1 aromatic carbocycles. The molecular formula is C9H5FOS. The van der Waals surface area contributed by atoms with Gasteiger partial charge in [-0.25, -0.2) is 4.39 Å². The molecule has 0 spiro atoms. The predicted molar refractivity (Wildman–Crippen MR) is 48.1 cm³/mol. The summed E-state index contributed by atoms with van der Waals surface area (Å²) in [6.45, 7) is 0. The molecule has 12 heavy (non-hydrogen) atoms. The Morgan fingerprint density at radius 3 is 2.83 bits per heavy atom. The van der Waals surface area contributed by atoms with E-state index in [0.29, 0.717) is 10.1 Å². The zero-order valence-corrected chi connectivity index (χ0v) is 6.90. The molecule has 0 fully saturated rings. The molecule has 2 rings (SSSR count). The van der Waals surface area contributed by atoms with Crippen LogP contribution in [0.5, 0.6) is 0 Å². The van der Waals surface area contributed by atoms with E-state index in [1.807, 2.05) is 0 Å². The Morgan fingerprint density at radius 2 is 2.08 bits per heavy atom. The summed E-state index contributed by atoms with van der Waals surface area (Å²) in [4.78, 5) is 11.2. The summed E-state index contributed by atoms with van der Waals surface area (Å²) >= 11 is 1.24. The molecular weight excluding hydrogens is 175 g/mol. The average molecular weight is 180 g/mol. The number of hydrogen-bond acceptors (Lipinski definition) is 2. The van der Waals surface area contributed by atoms with Crippen LogP contribution in [0.15, 0.2) is 34.4 Å². The topological polar surface area (TPSA) is 17.1 Å². The average Bonchev–Trinajstić information content (AvgIpc) is 2.07. The van der Waals surface area contributed by atoms with Crippen LogP contribution in [-0.4, -0.2) is 0 Å². The summed E-state index contributed by atoms with van der Waals surface area (Å²) in [6.07, 6.45) is 0. The molecule has 0 aliphatic carbocycles. The van der Waals surface area contributed by atoms with E-state index in [1.165, 1.54) is 23.5 Å². The van der Waals surface area contributed by atoms with Crippen molar-refractivity contribution in [3.8, 4) is 0 Å². The minimum atomic E-state index is -0.324. The molecule has 1 heterocycles. The van der Waals surface area contributed by atoms with Crippen LogP contribution in [0.2, 0.25) is 0 Å². The first kappa shape index (κ1) is 7.43. The van der Waals surface area contributed by atoms with Gasteiger partial charge < -0.3 is 0 Å². The Balaban J connectivity index is 3.05. The van der Waals surface area contributed by atoms with Gasteiger partial charge in [0, 0.05) is 5.39 Å².